The molecule has 1 unspecified atom stereocenters. The average Bonchev–Trinajstić information content (AvgIpc) is 3.10. The molecule has 34 heavy (non-hydrogen) atoms. The van der Waals surface area contributed by atoms with Crippen LogP contribution in [-0.4, -0.2) is 33.3 Å². The third-order valence-electron chi connectivity index (χ3n) is 5.83. The molecular formula is C28H28N2O4. The number of benzene rings is 2. The molecule has 6 nitrogen and oxygen atoms in total. The van der Waals surface area contributed by atoms with E-state index in [4.69, 9.17) is 4.74 Å². The summed E-state index contributed by atoms with van der Waals surface area (Å²) in [6.07, 6.45) is 3.99. The molecule has 1 saturated heterocycles. The molecule has 1 fully saturated rings. The minimum absolute atomic E-state index is 0.0615. The molecule has 3 aromatic rings. The second-order valence-electron chi connectivity index (χ2n) is 8.75. The summed E-state index contributed by atoms with van der Waals surface area (Å²) in [4.78, 5) is 31.8. The van der Waals surface area contributed by atoms with Crippen molar-refractivity contribution in [1.82, 2.24) is 9.88 Å². The number of pyridine rings is 1. The van der Waals surface area contributed by atoms with Gasteiger partial charge in [0.1, 0.15) is 11.5 Å². The lowest BCUT2D eigenvalue weighted by molar-refractivity contribution is -0.140. The van der Waals surface area contributed by atoms with E-state index in [1.807, 2.05) is 54.6 Å². The molecule has 1 aromatic heterocycles. The summed E-state index contributed by atoms with van der Waals surface area (Å²) in [5.74, 6) is -0.391. The van der Waals surface area contributed by atoms with Gasteiger partial charge in [0.15, 0.2) is 0 Å². The van der Waals surface area contributed by atoms with Crippen LogP contribution in [0.5, 0.6) is 5.75 Å². The number of nitrogens with zero attached hydrogens (tertiary/aromatic N) is 2. The zero-order valence-electron chi connectivity index (χ0n) is 19.3. The van der Waals surface area contributed by atoms with Crippen LogP contribution in [-0.2, 0) is 16.1 Å². The molecule has 1 N–H and O–H groups in total. The summed E-state index contributed by atoms with van der Waals surface area (Å²) >= 11 is 0. The van der Waals surface area contributed by atoms with E-state index in [-0.39, 0.29) is 17.9 Å². The van der Waals surface area contributed by atoms with Crippen molar-refractivity contribution in [3.8, 4) is 5.75 Å². The first-order chi connectivity index (χ1) is 16.5. The van der Waals surface area contributed by atoms with Crippen LogP contribution in [0.4, 0.5) is 0 Å². The third-order valence-corrected chi connectivity index (χ3v) is 5.83. The second kappa shape index (κ2) is 10.3. The Morgan fingerprint density at radius 3 is 2.47 bits per heavy atom. The number of carbonyl (C=O) groups excluding carboxylic acids is 2. The molecule has 0 aliphatic carbocycles. The van der Waals surface area contributed by atoms with Gasteiger partial charge in [-0.2, -0.15) is 0 Å². The number of likely N-dealkylation sites (tertiary alicyclic amines) is 1. The van der Waals surface area contributed by atoms with Gasteiger partial charge >= 0.3 is 0 Å². The van der Waals surface area contributed by atoms with E-state index in [1.165, 1.54) is 17.3 Å². The first kappa shape index (κ1) is 23.2. The van der Waals surface area contributed by atoms with Crippen molar-refractivity contribution in [2.24, 2.45) is 5.92 Å². The predicted octanol–water partition coefficient (Wildman–Crippen LogP) is 5.13. The van der Waals surface area contributed by atoms with E-state index in [9.17, 15) is 14.7 Å². The van der Waals surface area contributed by atoms with Crippen molar-refractivity contribution in [2.45, 2.75) is 32.9 Å². The number of ether oxygens (including phenoxy) is 1. The Bertz CT molecular complexity index is 1190. The molecule has 1 atom stereocenters. The van der Waals surface area contributed by atoms with E-state index in [1.54, 1.807) is 12.1 Å². The van der Waals surface area contributed by atoms with Gasteiger partial charge in [0, 0.05) is 24.5 Å². The predicted molar refractivity (Wildman–Crippen MR) is 130 cm³/mol. The number of ketones is 1. The number of Topliss-reactive ketones (excluding diaryl/α,β-unsaturated/α-hetero) is 1. The van der Waals surface area contributed by atoms with Crippen LogP contribution in [0.1, 0.15) is 43.0 Å². The first-order valence-electron chi connectivity index (χ1n) is 11.4. The van der Waals surface area contributed by atoms with E-state index in [2.05, 4.69) is 18.8 Å². The van der Waals surface area contributed by atoms with Gasteiger partial charge in [-0.1, -0.05) is 56.3 Å². The van der Waals surface area contributed by atoms with E-state index in [0.717, 1.165) is 12.0 Å². The lowest BCUT2D eigenvalue weighted by Crippen LogP contribution is -2.29. The maximum atomic E-state index is 13.2. The quantitative estimate of drug-likeness (QED) is 0.289. The highest BCUT2D eigenvalue weighted by atomic mass is 16.5. The molecule has 6 heteroatoms. The minimum atomic E-state index is -0.748. The molecule has 2 aromatic carbocycles. The summed E-state index contributed by atoms with van der Waals surface area (Å²) < 4.78 is 5.93. The topological polar surface area (TPSA) is 79.7 Å². The van der Waals surface area contributed by atoms with Crippen LogP contribution in [0.15, 0.2) is 84.7 Å². The highest BCUT2D eigenvalue weighted by Crippen LogP contribution is 2.41. The molecule has 4 rings (SSSR count). The Labute approximate surface area is 199 Å². The van der Waals surface area contributed by atoms with Crippen LogP contribution >= 0.6 is 0 Å². The number of hydrogen-bond donors (Lipinski definition) is 1. The monoisotopic (exact) mass is 456 g/mol. The molecule has 0 radical (unpaired) electrons. The molecule has 0 spiro atoms. The lowest BCUT2D eigenvalue weighted by Gasteiger charge is -2.26. The first-order valence-corrected chi connectivity index (χ1v) is 11.4. The largest absolute Gasteiger partial charge is 0.507 e. The summed E-state index contributed by atoms with van der Waals surface area (Å²) in [6.45, 7) is 5.08. The molecule has 0 saturated carbocycles. The maximum Gasteiger partial charge on any atom is 0.295 e. The number of aliphatic hydroxyl groups is 1. The molecule has 1 amide bonds. The van der Waals surface area contributed by atoms with Crippen LogP contribution in [0, 0.1) is 5.92 Å². The average molecular weight is 457 g/mol. The van der Waals surface area contributed by atoms with E-state index < -0.39 is 17.7 Å². The fourth-order valence-corrected chi connectivity index (χ4v) is 4.02. The highest BCUT2D eigenvalue weighted by molar-refractivity contribution is 6.46. The fourth-order valence-electron chi connectivity index (χ4n) is 4.02. The number of carbonyl (C=O) groups is 2. The van der Waals surface area contributed by atoms with Crippen molar-refractivity contribution in [1.29, 1.82) is 0 Å². The molecule has 2 heterocycles. The van der Waals surface area contributed by atoms with E-state index in [0.29, 0.717) is 29.4 Å². The normalized spacial score (nSPS) is 17.4. The van der Waals surface area contributed by atoms with E-state index >= 15 is 0 Å². The number of aromatic nitrogens is 1. The summed E-state index contributed by atoms with van der Waals surface area (Å²) in [5, 5.41) is 11.1. The zero-order chi connectivity index (χ0) is 24.1. The molecule has 1 aliphatic heterocycles. The lowest BCUT2D eigenvalue weighted by atomic mass is 9.95. The van der Waals surface area contributed by atoms with Crippen molar-refractivity contribution in [3.05, 3.63) is 101 Å². The van der Waals surface area contributed by atoms with Crippen LogP contribution in [0.2, 0.25) is 0 Å². The van der Waals surface area contributed by atoms with Crippen LogP contribution < -0.4 is 4.74 Å². The van der Waals surface area contributed by atoms with Gasteiger partial charge in [-0.25, -0.2) is 0 Å². The molecule has 1 aliphatic rings. The third kappa shape index (κ3) is 5.01. The van der Waals surface area contributed by atoms with Crippen molar-refractivity contribution in [2.75, 3.05) is 6.61 Å². The van der Waals surface area contributed by atoms with Gasteiger partial charge < -0.3 is 14.7 Å². The summed E-state index contributed by atoms with van der Waals surface area (Å²) in [5.41, 5.74) is 2.09. The Morgan fingerprint density at radius 2 is 1.76 bits per heavy atom. The van der Waals surface area contributed by atoms with Crippen LogP contribution in [0.25, 0.3) is 5.76 Å². The summed E-state index contributed by atoms with van der Waals surface area (Å²) in [6, 6.07) is 19.4. The zero-order valence-corrected chi connectivity index (χ0v) is 19.3. The van der Waals surface area contributed by atoms with Gasteiger partial charge in [0.25, 0.3) is 11.7 Å². The Balaban J connectivity index is 1.77. The SMILES string of the molecule is CC(C)CCOc1cccc(C2C(=C(O)c3ccncc3)C(=O)C(=O)N2Cc2ccccc2)c1. The van der Waals surface area contributed by atoms with Crippen molar-refractivity contribution < 1.29 is 19.4 Å². The highest BCUT2D eigenvalue weighted by Gasteiger charge is 2.46. The molecular weight excluding hydrogens is 428 g/mol. The smallest absolute Gasteiger partial charge is 0.295 e. The molecule has 0 bridgehead atoms. The van der Waals surface area contributed by atoms with Crippen molar-refractivity contribution in [3.63, 3.8) is 0 Å². The molecule has 174 valence electrons. The fraction of sp³-hybridized carbons (Fsp3) is 0.250. The number of amides is 1. The van der Waals surface area contributed by atoms with Gasteiger partial charge in [-0.05, 0) is 47.7 Å². The van der Waals surface area contributed by atoms with Crippen molar-refractivity contribution >= 4 is 17.4 Å². The Hall–Kier alpha value is -3.93. The Kier molecular flexibility index (Phi) is 7.07. The van der Waals surface area contributed by atoms with Crippen LogP contribution in [0.3, 0.4) is 0 Å². The summed E-state index contributed by atoms with van der Waals surface area (Å²) in [7, 11) is 0. The van der Waals surface area contributed by atoms with Gasteiger partial charge in [0.05, 0.1) is 18.2 Å². The number of rotatable bonds is 8. The number of aliphatic hydroxyl groups excluding tert-OH is 1. The minimum Gasteiger partial charge on any atom is -0.507 e. The number of hydrogen-bond acceptors (Lipinski definition) is 5. The van der Waals surface area contributed by atoms with Gasteiger partial charge in [-0.3, -0.25) is 14.6 Å². The Morgan fingerprint density at radius 1 is 1.03 bits per heavy atom. The standard InChI is InChI=1S/C28H28N2O4/c1-19(2)13-16-34-23-10-6-9-22(17-23)25-24(26(31)21-11-14-29-15-12-21)27(32)28(33)30(25)18-20-7-4-3-5-8-20/h3-12,14-15,17,19,25,31H,13,16,18H2,1-2H3. The van der Waals surface area contributed by atoms with Gasteiger partial charge in [-0.15, -0.1) is 0 Å². The second-order valence-corrected chi connectivity index (χ2v) is 8.75. The maximum absolute atomic E-state index is 13.2. The van der Waals surface area contributed by atoms with Gasteiger partial charge in [0.2, 0.25) is 0 Å².